The number of carbonyl (C=O) groups excluding carboxylic acids is 1. The van der Waals surface area contributed by atoms with Crippen molar-refractivity contribution in [1.82, 2.24) is 5.32 Å². The van der Waals surface area contributed by atoms with Gasteiger partial charge in [-0.05, 0) is 43.1 Å². The van der Waals surface area contributed by atoms with E-state index in [4.69, 9.17) is 0 Å². The first-order valence-electron chi connectivity index (χ1n) is 8.21. The first-order chi connectivity index (χ1) is 10.2. The largest absolute Gasteiger partial charge is 0.376 e. The van der Waals surface area contributed by atoms with Crippen LogP contribution in [0, 0.1) is 23.7 Å². The summed E-state index contributed by atoms with van der Waals surface area (Å²) >= 11 is 0. The molecule has 0 amide bonds. The van der Waals surface area contributed by atoms with Crippen LogP contribution < -0.4 is 5.32 Å². The van der Waals surface area contributed by atoms with Crippen molar-refractivity contribution in [2.24, 2.45) is 23.7 Å². The molecule has 3 nitrogen and oxygen atoms in total. The fourth-order valence-corrected chi connectivity index (χ4v) is 5.14. The number of benzene rings is 1. The van der Waals surface area contributed by atoms with Crippen molar-refractivity contribution in [3.63, 3.8) is 0 Å². The Morgan fingerprint density at radius 3 is 2.81 bits per heavy atom. The number of nitrogens with one attached hydrogen (secondary N) is 1. The zero-order valence-electron chi connectivity index (χ0n) is 12.3. The Kier molecular flexibility index (Phi) is 3.16. The van der Waals surface area contributed by atoms with Gasteiger partial charge in [-0.25, -0.2) is 0 Å². The number of hydrogen-bond acceptors (Lipinski definition) is 3. The normalized spacial score (nSPS) is 41.3. The third-order valence-corrected chi connectivity index (χ3v) is 6.03. The molecule has 0 aliphatic heterocycles. The van der Waals surface area contributed by atoms with Gasteiger partial charge in [0.25, 0.3) is 0 Å². The summed E-state index contributed by atoms with van der Waals surface area (Å²) in [4.78, 5) is 12.2. The number of carbonyl (C=O) groups is 1. The quantitative estimate of drug-likeness (QED) is 0.839. The van der Waals surface area contributed by atoms with Gasteiger partial charge in [-0.15, -0.1) is 0 Å². The lowest BCUT2D eigenvalue weighted by Crippen LogP contribution is -2.51. The molecule has 0 spiro atoms. The summed E-state index contributed by atoms with van der Waals surface area (Å²) in [7, 11) is 0. The standard InChI is InChI=1S/C18H23NO2/c20-15-7-6-13-10-14-8-9-18(21,17(14)16(13)15)19-11-12-4-2-1-3-5-12/h1-5,13-14,16-17,19,21H,6-11H2. The van der Waals surface area contributed by atoms with Crippen molar-refractivity contribution in [3.05, 3.63) is 35.9 Å². The Morgan fingerprint density at radius 1 is 1.19 bits per heavy atom. The topological polar surface area (TPSA) is 49.3 Å². The molecule has 3 fully saturated rings. The Balaban J connectivity index is 1.52. The predicted octanol–water partition coefficient (Wildman–Crippen LogP) is 2.49. The van der Waals surface area contributed by atoms with E-state index in [9.17, 15) is 9.90 Å². The Hall–Kier alpha value is -1.19. The smallest absolute Gasteiger partial charge is 0.136 e. The van der Waals surface area contributed by atoms with Crippen molar-refractivity contribution in [3.8, 4) is 0 Å². The van der Waals surface area contributed by atoms with Crippen LogP contribution in [0.1, 0.15) is 37.7 Å². The minimum Gasteiger partial charge on any atom is -0.376 e. The van der Waals surface area contributed by atoms with E-state index >= 15 is 0 Å². The van der Waals surface area contributed by atoms with Gasteiger partial charge < -0.3 is 5.11 Å². The third kappa shape index (κ3) is 2.14. The van der Waals surface area contributed by atoms with E-state index in [1.54, 1.807) is 0 Å². The highest BCUT2D eigenvalue weighted by Crippen LogP contribution is 2.58. The number of Topliss-reactive ketones (excluding diaryl/α,β-unsaturated/α-hetero) is 1. The van der Waals surface area contributed by atoms with Gasteiger partial charge in [-0.1, -0.05) is 30.3 Å². The number of ketones is 1. The van der Waals surface area contributed by atoms with Gasteiger partial charge >= 0.3 is 0 Å². The predicted molar refractivity (Wildman–Crippen MR) is 80.3 cm³/mol. The van der Waals surface area contributed by atoms with Crippen molar-refractivity contribution in [1.29, 1.82) is 0 Å². The summed E-state index contributed by atoms with van der Waals surface area (Å²) in [5.41, 5.74) is 0.335. The molecule has 5 unspecified atom stereocenters. The second-order valence-electron chi connectivity index (χ2n) is 7.11. The molecule has 3 heteroatoms. The van der Waals surface area contributed by atoms with Crippen LogP contribution in [0.15, 0.2) is 30.3 Å². The summed E-state index contributed by atoms with van der Waals surface area (Å²) in [5, 5.41) is 14.5. The zero-order chi connectivity index (χ0) is 14.4. The van der Waals surface area contributed by atoms with E-state index in [0.29, 0.717) is 24.2 Å². The van der Waals surface area contributed by atoms with E-state index < -0.39 is 5.72 Å². The monoisotopic (exact) mass is 285 g/mol. The maximum Gasteiger partial charge on any atom is 0.136 e. The van der Waals surface area contributed by atoms with E-state index in [-0.39, 0.29) is 11.8 Å². The van der Waals surface area contributed by atoms with Gasteiger partial charge in [-0.3, -0.25) is 10.1 Å². The van der Waals surface area contributed by atoms with Crippen LogP contribution in [0.25, 0.3) is 0 Å². The van der Waals surface area contributed by atoms with Crippen LogP contribution in [0.5, 0.6) is 0 Å². The number of rotatable bonds is 3. The Labute approximate surface area is 125 Å². The average molecular weight is 285 g/mol. The lowest BCUT2D eigenvalue weighted by molar-refractivity contribution is -0.127. The summed E-state index contributed by atoms with van der Waals surface area (Å²) in [6.45, 7) is 0.673. The summed E-state index contributed by atoms with van der Waals surface area (Å²) in [5.74, 6) is 1.73. The molecule has 2 N–H and O–H groups in total. The van der Waals surface area contributed by atoms with Crippen LogP contribution in [0.2, 0.25) is 0 Å². The van der Waals surface area contributed by atoms with Gasteiger partial charge in [0.05, 0.1) is 0 Å². The van der Waals surface area contributed by atoms with Crippen LogP contribution in [0.4, 0.5) is 0 Å². The van der Waals surface area contributed by atoms with Crippen molar-refractivity contribution in [2.45, 2.75) is 44.4 Å². The molecule has 0 heterocycles. The lowest BCUT2D eigenvalue weighted by atomic mass is 9.83. The van der Waals surface area contributed by atoms with E-state index in [0.717, 1.165) is 32.1 Å². The highest BCUT2D eigenvalue weighted by atomic mass is 16.3. The summed E-state index contributed by atoms with van der Waals surface area (Å²) < 4.78 is 0. The summed E-state index contributed by atoms with van der Waals surface area (Å²) in [6.07, 6.45) is 4.77. The minimum atomic E-state index is -0.847. The van der Waals surface area contributed by atoms with Gasteiger partial charge in [0.2, 0.25) is 0 Å². The molecule has 5 atom stereocenters. The Bertz CT molecular complexity index is 543. The number of fused-ring (bicyclic) bond motifs is 3. The molecule has 21 heavy (non-hydrogen) atoms. The lowest BCUT2D eigenvalue weighted by Gasteiger charge is -2.34. The maximum atomic E-state index is 12.2. The zero-order valence-corrected chi connectivity index (χ0v) is 12.3. The van der Waals surface area contributed by atoms with Crippen LogP contribution >= 0.6 is 0 Å². The Morgan fingerprint density at radius 2 is 2.00 bits per heavy atom. The molecule has 4 rings (SSSR count). The van der Waals surface area contributed by atoms with Crippen LogP contribution in [0.3, 0.4) is 0 Å². The highest BCUT2D eigenvalue weighted by molar-refractivity contribution is 5.84. The molecular weight excluding hydrogens is 262 g/mol. The second-order valence-corrected chi connectivity index (χ2v) is 7.11. The SMILES string of the molecule is O=C1CCC2CC3CCC(O)(NCc4ccccc4)C3C12. The minimum absolute atomic E-state index is 0.116. The molecule has 1 aromatic carbocycles. The molecule has 3 aliphatic rings. The van der Waals surface area contributed by atoms with Crippen molar-refractivity contribution >= 4 is 5.78 Å². The van der Waals surface area contributed by atoms with Crippen molar-refractivity contribution < 1.29 is 9.90 Å². The third-order valence-electron chi connectivity index (χ3n) is 6.03. The highest BCUT2D eigenvalue weighted by Gasteiger charge is 2.60. The van der Waals surface area contributed by atoms with Crippen LogP contribution in [-0.4, -0.2) is 16.6 Å². The maximum absolute atomic E-state index is 12.2. The molecule has 0 radical (unpaired) electrons. The second kappa shape index (κ2) is 4.92. The molecule has 0 saturated heterocycles. The molecule has 0 aromatic heterocycles. The first kappa shape index (κ1) is 13.5. The molecule has 0 bridgehead atoms. The van der Waals surface area contributed by atoms with Crippen molar-refractivity contribution in [2.75, 3.05) is 0 Å². The van der Waals surface area contributed by atoms with Crippen LogP contribution in [-0.2, 0) is 11.3 Å². The number of hydrogen-bond donors (Lipinski definition) is 2. The van der Waals surface area contributed by atoms with E-state index in [2.05, 4.69) is 17.4 Å². The first-order valence-corrected chi connectivity index (χ1v) is 8.21. The fourth-order valence-electron chi connectivity index (χ4n) is 5.14. The van der Waals surface area contributed by atoms with Gasteiger partial charge in [0.15, 0.2) is 0 Å². The van der Waals surface area contributed by atoms with E-state index in [1.807, 2.05) is 18.2 Å². The molecule has 3 aliphatic carbocycles. The number of aliphatic hydroxyl groups is 1. The average Bonchev–Trinajstić information content (AvgIpc) is 3.12. The molecule has 112 valence electrons. The molecule has 1 aromatic rings. The fraction of sp³-hybridized carbons (Fsp3) is 0.611. The van der Waals surface area contributed by atoms with Gasteiger partial charge in [0, 0.05) is 24.8 Å². The van der Waals surface area contributed by atoms with E-state index in [1.165, 1.54) is 5.56 Å². The summed E-state index contributed by atoms with van der Waals surface area (Å²) in [6, 6.07) is 10.2. The molecule has 3 saturated carbocycles. The van der Waals surface area contributed by atoms with Gasteiger partial charge in [-0.2, -0.15) is 0 Å². The van der Waals surface area contributed by atoms with Gasteiger partial charge in [0.1, 0.15) is 11.5 Å². The molecular formula is C18H23NO2.